The molecule has 3 heteroatoms. The van der Waals surface area contributed by atoms with Crippen molar-refractivity contribution in [3.8, 4) is 0 Å². The van der Waals surface area contributed by atoms with E-state index in [0.29, 0.717) is 0 Å². The van der Waals surface area contributed by atoms with Gasteiger partial charge in [0.1, 0.15) is 0 Å². The Hall–Kier alpha value is -0.120. The average Bonchev–Trinajstić information content (AvgIpc) is 2.01. The van der Waals surface area contributed by atoms with Crippen molar-refractivity contribution in [1.29, 1.82) is 0 Å². The van der Waals surface area contributed by atoms with E-state index in [4.69, 9.17) is 9.47 Å². The summed E-state index contributed by atoms with van der Waals surface area (Å²) in [6, 6.07) is 0. The molecule has 1 N–H and O–H groups in total. The van der Waals surface area contributed by atoms with Crippen molar-refractivity contribution in [2.75, 3.05) is 26.8 Å². The Morgan fingerprint density at radius 2 is 1.64 bits per heavy atom. The van der Waals surface area contributed by atoms with Gasteiger partial charge in [-0.05, 0) is 34.6 Å². The minimum Gasteiger partial charge on any atom is -0.377 e. The zero-order chi connectivity index (χ0) is 11.2. The summed E-state index contributed by atoms with van der Waals surface area (Å²) in [5.74, 6) is 0. The van der Waals surface area contributed by atoms with Gasteiger partial charge in [0.25, 0.3) is 0 Å². The predicted octanol–water partition coefficient (Wildman–Crippen LogP) is 1.82. The van der Waals surface area contributed by atoms with Gasteiger partial charge in [0.2, 0.25) is 0 Å². The predicted molar refractivity (Wildman–Crippen MR) is 59.7 cm³/mol. The molecule has 3 nitrogen and oxygen atoms in total. The first-order valence-electron chi connectivity index (χ1n) is 5.17. The SMILES string of the molecule is COC(C)(C)CNCCOC(C)(C)C. The van der Waals surface area contributed by atoms with Crippen molar-refractivity contribution >= 4 is 0 Å². The molecule has 0 bridgehead atoms. The summed E-state index contributed by atoms with van der Waals surface area (Å²) in [5.41, 5.74) is -0.139. The lowest BCUT2D eigenvalue weighted by Gasteiger charge is -2.24. The third-order valence-corrected chi connectivity index (χ3v) is 1.92. The third-order valence-electron chi connectivity index (χ3n) is 1.92. The van der Waals surface area contributed by atoms with Crippen molar-refractivity contribution in [3.05, 3.63) is 0 Å². The Kier molecular flexibility index (Phi) is 5.64. The zero-order valence-electron chi connectivity index (χ0n) is 10.4. The molecule has 0 aliphatic rings. The molecule has 0 unspecified atom stereocenters. The van der Waals surface area contributed by atoms with E-state index in [9.17, 15) is 0 Å². The van der Waals surface area contributed by atoms with Crippen molar-refractivity contribution in [2.24, 2.45) is 0 Å². The van der Waals surface area contributed by atoms with Crippen LogP contribution in [0.15, 0.2) is 0 Å². The first-order valence-corrected chi connectivity index (χ1v) is 5.17. The number of ether oxygens (including phenoxy) is 2. The Bertz CT molecular complexity index is 150. The fourth-order valence-electron chi connectivity index (χ4n) is 0.891. The number of hydrogen-bond donors (Lipinski definition) is 1. The van der Waals surface area contributed by atoms with Gasteiger partial charge in [-0.2, -0.15) is 0 Å². The van der Waals surface area contributed by atoms with Crippen molar-refractivity contribution in [3.63, 3.8) is 0 Å². The molecular weight excluding hydrogens is 178 g/mol. The highest BCUT2D eigenvalue weighted by atomic mass is 16.5. The fourth-order valence-corrected chi connectivity index (χ4v) is 0.891. The average molecular weight is 203 g/mol. The molecule has 0 aliphatic carbocycles. The van der Waals surface area contributed by atoms with E-state index in [2.05, 4.69) is 39.9 Å². The van der Waals surface area contributed by atoms with Crippen molar-refractivity contribution in [2.45, 2.75) is 45.8 Å². The lowest BCUT2D eigenvalue weighted by Crippen LogP contribution is -2.38. The van der Waals surface area contributed by atoms with Crippen molar-refractivity contribution in [1.82, 2.24) is 5.32 Å². The molecule has 0 saturated carbocycles. The van der Waals surface area contributed by atoms with Gasteiger partial charge in [-0.3, -0.25) is 0 Å². The van der Waals surface area contributed by atoms with Crippen LogP contribution >= 0.6 is 0 Å². The lowest BCUT2D eigenvalue weighted by molar-refractivity contribution is -0.00683. The van der Waals surface area contributed by atoms with Crippen LogP contribution in [0.2, 0.25) is 0 Å². The summed E-state index contributed by atoms with van der Waals surface area (Å²) in [5, 5.41) is 3.30. The Balaban J connectivity index is 3.39. The summed E-state index contributed by atoms with van der Waals surface area (Å²) < 4.78 is 10.9. The van der Waals surface area contributed by atoms with Gasteiger partial charge in [0, 0.05) is 20.2 Å². The minimum absolute atomic E-state index is 0.0432. The molecule has 0 spiro atoms. The van der Waals surface area contributed by atoms with Crippen LogP contribution in [0.25, 0.3) is 0 Å². The van der Waals surface area contributed by atoms with E-state index >= 15 is 0 Å². The molecule has 0 amide bonds. The first-order chi connectivity index (χ1) is 6.27. The van der Waals surface area contributed by atoms with E-state index in [1.54, 1.807) is 7.11 Å². The van der Waals surface area contributed by atoms with Crippen LogP contribution < -0.4 is 5.32 Å². The largest absolute Gasteiger partial charge is 0.377 e. The molecule has 0 atom stereocenters. The summed E-state index contributed by atoms with van der Waals surface area (Å²) in [6.45, 7) is 12.8. The first kappa shape index (κ1) is 13.9. The summed E-state index contributed by atoms with van der Waals surface area (Å²) in [6.07, 6.45) is 0. The molecule has 0 aromatic carbocycles. The highest BCUT2D eigenvalue weighted by Crippen LogP contribution is 2.06. The smallest absolute Gasteiger partial charge is 0.0746 e. The van der Waals surface area contributed by atoms with Crippen LogP contribution in [0, 0.1) is 0 Å². The second kappa shape index (κ2) is 5.69. The van der Waals surface area contributed by atoms with E-state index in [0.717, 1.165) is 19.7 Å². The topological polar surface area (TPSA) is 30.5 Å². The maximum absolute atomic E-state index is 5.57. The van der Waals surface area contributed by atoms with Crippen LogP contribution in [-0.2, 0) is 9.47 Å². The highest BCUT2D eigenvalue weighted by molar-refractivity contribution is 4.70. The van der Waals surface area contributed by atoms with E-state index in [1.807, 2.05) is 0 Å². The van der Waals surface area contributed by atoms with Crippen LogP contribution in [0.4, 0.5) is 0 Å². The molecular formula is C11H25NO2. The molecule has 14 heavy (non-hydrogen) atoms. The molecule has 0 aliphatic heterocycles. The monoisotopic (exact) mass is 203 g/mol. The molecule has 0 rings (SSSR count). The summed E-state index contributed by atoms with van der Waals surface area (Å²) >= 11 is 0. The zero-order valence-corrected chi connectivity index (χ0v) is 10.4. The summed E-state index contributed by atoms with van der Waals surface area (Å²) in [4.78, 5) is 0. The Morgan fingerprint density at radius 3 is 2.07 bits per heavy atom. The normalized spacial score (nSPS) is 13.3. The van der Waals surface area contributed by atoms with Gasteiger partial charge in [-0.15, -0.1) is 0 Å². The molecule has 0 heterocycles. The second-order valence-electron chi connectivity index (χ2n) is 5.10. The number of methoxy groups -OCH3 is 1. The van der Waals surface area contributed by atoms with Gasteiger partial charge >= 0.3 is 0 Å². The van der Waals surface area contributed by atoms with Gasteiger partial charge in [-0.25, -0.2) is 0 Å². The molecule has 0 fully saturated rings. The Morgan fingerprint density at radius 1 is 1.07 bits per heavy atom. The summed E-state index contributed by atoms with van der Waals surface area (Å²) in [7, 11) is 1.73. The van der Waals surface area contributed by atoms with Crippen LogP contribution in [-0.4, -0.2) is 38.0 Å². The van der Waals surface area contributed by atoms with Gasteiger partial charge in [0.15, 0.2) is 0 Å². The van der Waals surface area contributed by atoms with Crippen molar-refractivity contribution < 1.29 is 9.47 Å². The maximum atomic E-state index is 5.57. The lowest BCUT2D eigenvalue weighted by atomic mass is 10.1. The van der Waals surface area contributed by atoms with Gasteiger partial charge in [-0.1, -0.05) is 0 Å². The Labute approximate surface area is 88.2 Å². The van der Waals surface area contributed by atoms with E-state index in [-0.39, 0.29) is 11.2 Å². The van der Waals surface area contributed by atoms with E-state index < -0.39 is 0 Å². The second-order valence-corrected chi connectivity index (χ2v) is 5.10. The number of nitrogens with one attached hydrogen (secondary N) is 1. The number of hydrogen-bond acceptors (Lipinski definition) is 3. The van der Waals surface area contributed by atoms with Crippen LogP contribution in [0.3, 0.4) is 0 Å². The fraction of sp³-hybridized carbons (Fsp3) is 1.00. The van der Waals surface area contributed by atoms with Crippen LogP contribution in [0.1, 0.15) is 34.6 Å². The van der Waals surface area contributed by atoms with Crippen LogP contribution in [0.5, 0.6) is 0 Å². The molecule has 0 radical (unpaired) electrons. The third kappa shape index (κ3) is 8.48. The van der Waals surface area contributed by atoms with Gasteiger partial charge in [0.05, 0.1) is 17.8 Å². The minimum atomic E-state index is -0.0955. The molecule has 0 aromatic rings. The molecule has 0 aromatic heterocycles. The molecule has 86 valence electrons. The number of rotatable bonds is 6. The maximum Gasteiger partial charge on any atom is 0.0746 e. The van der Waals surface area contributed by atoms with E-state index in [1.165, 1.54) is 0 Å². The highest BCUT2D eigenvalue weighted by Gasteiger charge is 2.15. The standard InChI is InChI=1S/C11H25NO2/c1-10(2,3)14-8-7-12-9-11(4,5)13-6/h12H,7-9H2,1-6H3. The quantitative estimate of drug-likeness (QED) is 0.668. The molecule has 0 saturated heterocycles. The van der Waals surface area contributed by atoms with Gasteiger partial charge < -0.3 is 14.8 Å².